The molecule has 0 radical (unpaired) electrons. The van der Waals surface area contributed by atoms with E-state index in [-0.39, 0.29) is 37.2 Å². The number of halogens is 1. The molecule has 2 atom stereocenters. The minimum Gasteiger partial charge on any atom is -0.481 e. The largest absolute Gasteiger partial charge is 0.481 e. The molecule has 2 aliphatic rings. The summed E-state index contributed by atoms with van der Waals surface area (Å²) in [6.07, 6.45) is 0.770. The molecule has 2 saturated heterocycles. The second kappa shape index (κ2) is 6.09. The first-order chi connectivity index (χ1) is 12.4. The minimum atomic E-state index is -1.00. The number of nitrogens with one attached hydrogen (secondary N) is 1. The number of nitrogens with zero attached hydrogens (tertiary/aromatic N) is 1. The Hall–Kier alpha value is -2.41. The van der Waals surface area contributed by atoms with Crippen molar-refractivity contribution in [3.8, 4) is 0 Å². The van der Waals surface area contributed by atoms with E-state index in [1.165, 1.54) is 12.1 Å². The molecule has 6 nitrogen and oxygen atoms in total. The van der Waals surface area contributed by atoms with Crippen molar-refractivity contribution in [3.05, 3.63) is 35.3 Å². The fraction of sp³-hybridized carbons (Fsp3) is 0.474. The van der Waals surface area contributed by atoms with Gasteiger partial charge < -0.3 is 19.7 Å². The average molecular weight is 360 g/mol. The van der Waals surface area contributed by atoms with Crippen LogP contribution in [0.4, 0.5) is 4.39 Å². The van der Waals surface area contributed by atoms with Crippen LogP contribution in [0.3, 0.4) is 0 Å². The van der Waals surface area contributed by atoms with E-state index in [9.17, 15) is 19.1 Å². The molecule has 1 aromatic carbocycles. The zero-order chi connectivity index (χ0) is 18.5. The van der Waals surface area contributed by atoms with Gasteiger partial charge in [-0.1, -0.05) is 0 Å². The first kappa shape index (κ1) is 17.0. The predicted octanol–water partition coefficient (Wildman–Crippen LogP) is 2.11. The van der Waals surface area contributed by atoms with Crippen LogP contribution < -0.4 is 0 Å². The topological polar surface area (TPSA) is 82.6 Å². The molecule has 0 aliphatic carbocycles. The van der Waals surface area contributed by atoms with E-state index in [1.54, 1.807) is 11.0 Å². The Morgan fingerprint density at radius 2 is 2.27 bits per heavy atom. The van der Waals surface area contributed by atoms with Crippen molar-refractivity contribution in [3.63, 3.8) is 0 Å². The Balaban J connectivity index is 1.59. The molecular formula is C19H21FN2O4. The van der Waals surface area contributed by atoms with Gasteiger partial charge >= 0.3 is 5.97 Å². The number of carbonyl (C=O) groups excluding carboxylic acids is 1. The third-order valence-corrected chi connectivity index (χ3v) is 5.85. The average Bonchev–Trinajstić information content (AvgIpc) is 3.14. The predicted molar refractivity (Wildman–Crippen MR) is 92.3 cm³/mol. The first-order valence-corrected chi connectivity index (χ1v) is 8.76. The number of aromatic nitrogens is 1. The van der Waals surface area contributed by atoms with Gasteiger partial charge in [0.15, 0.2) is 0 Å². The lowest BCUT2D eigenvalue weighted by atomic mass is 9.76. The van der Waals surface area contributed by atoms with Gasteiger partial charge in [0.25, 0.3) is 0 Å². The molecule has 1 aromatic heterocycles. The number of likely N-dealkylation sites (tertiary alicyclic amines) is 1. The molecular weight excluding hydrogens is 339 g/mol. The van der Waals surface area contributed by atoms with E-state index in [1.807, 2.05) is 6.92 Å². The molecule has 3 heterocycles. The summed E-state index contributed by atoms with van der Waals surface area (Å²) >= 11 is 0. The summed E-state index contributed by atoms with van der Waals surface area (Å²) in [7, 11) is 0. The Kier molecular flexibility index (Phi) is 3.99. The molecule has 2 aromatic rings. The number of amides is 1. The van der Waals surface area contributed by atoms with Crippen molar-refractivity contribution in [1.29, 1.82) is 0 Å². The molecule has 0 saturated carbocycles. The van der Waals surface area contributed by atoms with Crippen molar-refractivity contribution in [1.82, 2.24) is 9.88 Å². The maximum absolute atomic E-state index is 13.6. The van der Waals surface area contributed by atoms with E-state index < -0.39 is 11.4 Å². The van der Waals surface area contributed by atoms with E-state index in [0.717, 1.165) is 16.8 Å². The normalized spacial score (nSPS) is 25.5. The summed E-state index contributed by atoms with van der Waals surface area (Å²) in [4.78, 5) is 29.5. The Bertz CT molecular complexity index is 893. The van der Waals surface area contributed by atoms with Crippen LogP contribution in [-0.2, 0) is 20.7 Å². The van der Waals surface area contributed by atoms with Crippen LogP contribution in [-0.4, -0.2) is 53.2 Å². The zero-order valence-corrected chi connectivity index (χ0v) is 14.5. The smallest absolute Gasteiger partial charge is 0.314 e. The molecule has 1 amide bonds. The molecule has 0 unspecified atom stereocenters. The number of hydrogen-bond acceptors (Lipinski definition) is 3. The molecule has 0 bridgehead atoms. The van der Waals surface area contributed by atoms with Gasteiger partial charge in [-0.15, -0.1) is 0 Å². The first-order valence-electron chi connectivity index (χ1n) is 8.76. The number of ether oxygens (including phenoxy) is 1. The maximum atomic E-state index is 13.6. The number of carbonyl (C=O) groups is 2. The monoisotopic (exact) mass is 360 g/mol. The van der Waals surface area contributed by atoms with Gasteiger partial charge in [0.1, 0.15) is 11.2 Å². The fourth-order valence-corrected chi connectivity index (χ4v) is 4.33. The van der Waals surface area contributed by atoms with Crippen molar-refractivity contribution >= 4 is 22.8 Å². The zero-order valence-electron chi connectivity index (χ0n) is 14.5. The van der Waals surface area contributed by atoms with Crippen molar-refractivity contribution in [2.75, 3.05) is 26.3 Å². The maximum Gasteiger partial charge on any atom is 0.314 e. The summed E-state index contributed by atoms with van der Waals surface area (Å²) in [6, 6.07) is 4.47. The Morgan fingerprint density at radius 3 is 3.00 bits per heavy atom. The fourth-order valence-electron chi connectivity index (χ4n) is 4.33. The highest BCUT2D eigenvalue weighted by Gasteiger charge is 2.55. The van der Waals surface area contributed by atoms with E-state index in [2.05, 4.69) is 4.98 Å². The quantitative estimate of drug-likeness (QED) is 0.878. The number of aromatic amines is 1. The van der Waals surface area contributed by atoms with Crippen LogP contribution >= 0.6 is 0 Å². The van der Waals surface area contributed by atoms with Crippen molar-refractivity contribution < 1.29 is 23.8 Å². The van der Waals surface area contributed by atoms with Gasteiger partial charge in [-0.2, -0.15) is 0 Å². The third kappa shape index (κ3) is 2.58. The lowest BCUT2D eigenvalue weighted by Crippen LogP contribution is -2.46. The van der Waals surface area contributed by atoms with Crippen molar-refractivity contribution in [2.45, 2.75) is 19.8 Å². The number of fused-ring (bicyclic) bond motifs is 2. The number of benzene rings is 1. The molecule has 4 rings (SSSR count). The molecule has 0 spiro atoms. The van der Waals surface area contributed by atoms with Gasteiger partial charge in [-0.05, 0) is 43.0 Å². The molecule has 7 heteroatoms. The summed E-state index contributed by atoms with van der Waals surface area (Å²) in [5.41, 5.74) is 1.37. The third-order valence-electron chi connectivity index (χ3n) is 5.85. The van der Waals surface area contributed by atoms with Crippen LogP contribution in [0.15, 0.2) is 18.2 Å². The van der Waals surface area contributed by atoms with Crippen LogP contribution in [0.2, 0.25) is 0 Å². The van der Waals surface area contributed by atoms with Gasteiger partial charge in [0.05, 0.1) is 13.0 Å². The highest BCUT2D eigenvalue weighted by Crippen LogP contribution is 2.42. The molecule has 2 aliphatic heterocycles. The number of rotatable bonds is 3. The van der Waals surface area contributed by atoms with Gasteiger partial charge in [0, 0.05) is 36.3 Å². The highest BCUT2D eigenvalue weighted by atomic mass is 19.1. The standard InChI is InChI=1S/C19H21FN2O4/c1-11-14(15-6-13(20)2-3-16(15)21-11)7-17(23)22-8-12-4-5-26-10-19(12,9-22)18(24)25/h2-3,6,12,21H,4-5,7-10H2,1H3,(H,24,25)/t12-,19+/m0/s1. The van der Waals surface area contributed by atoms with E-state index >= 15 is 0 Å². The number of carboxylic acid groups (broad SMARTS) is 1. The van der Waals surface area contributed by atoms with E-state index in [0.29, 0.717) is 25.0 Å². The summed E-state index contributed by atoms with van der Waals surface area (Å²) in [5.74, 6) is -1.46. The Labute approximate surface area is 149 Å². The van der Waals surface area contributed by atoms with Crippen LogP contribution in [0.1, 0.15) is 17.7 Å². The van der Waals surface area contributed by atoms with Gasteiger partial charge in [0.2, 0.25) is 5.91 Å². The van der Waals surface area contributed by atoms with E-state index in [4.69, 9.17) is 4.74 Å². The lowest BCUT2D eigenvalue weighted by Gasteiger charge is -2.33. The number of carboxylic acids is 1. The van der Waals surface area contributed by atoms with Crippen LogP contribution in [0.25, 0.3) is 10.9 Å². The minimum absolute atomic E-state index is 0.0841. The molecule has 2 N–H and O–H groups in total. The number of H-pyrrole nitrogens is 1. The highest BCUT2D eigenvalue weighted by molar-refractivity contribution is 5.90. The molecule has 26 heavy (non-hydrogen) atoms. The second-order valence-electron chi connectivity index (χ2n) is 7.37. The second-order valence-corrected chi connectivity index (χ2v) is 7.37. The van der Waals surface area contributed by atoms with Crippen LogP contribution in [0.5, 0.6) is 0 Å². The van der Waals surface area contributed by atoms with Crippen LogP contribution in [0, 0.1) is 24.1 Å². The number of aryl methyl sites for hydroxylation is 1. The SMILES string of the molecule is Cc1[nH]c2ccc(F)cc2c1CC(=O)N1C[C@@H]2CCOC[C@]2(C(=O)O)C1. The van der Waals surface area contributed by atoms with Gasteiger partial charge in [-0.3, -0.25) is 9.59 Å². The van der Waals surface area contributed by atoms with Gasteiger partial charge in [-0.25, -0.2) is 4.39 Å². The van der Waals surface area contributed by atoms with Crippen molar-refractivity contribution in [2.24, 2.45) is 11.3 Å². The summed E-state index contributed by atoms with van der Waals surface area (Å²) in [5, 5.41) is 10.4. The summed E-state index contributed by atoms with van der Waals surface area (Å²) in [6.45, 7) is 3.14. The number of hydrogen-bond donors (Lipinski definition) is 2. The summed E-state index contributed by atoms with van der Waals surface area (Å²) < 4.78 is 19.0. The lowest BCUT2D eigenvalue weighted by molar-refractivity contribution is -0.159. The number of aliphatic carboxylic acids is 1. The Morgan fingerprint density at radius 1 is 1.46 bits per heavy atom. The molecule has 138 valence electrons. The molecule has 2 fully saturated rings.